The van der Waals surface area contributed by atoms with Crippen LogP contribution in [-0.2, 0) is 24.1 Å². The zero-order valence-electron chi connectivity index (χ0n) is 20.6. The number of aliphatic hydroxyl groups excluding tert-OH is 1. The van der Waals surface area contributed by atoms with Crippen molar-refractivity contribution in [1.29, 1.82) is 0 Å². The standard InChI is InChI=1S/C28H37N3O3/c1-4-31(23-11-13-34-14-12-23)27-10-6-9-25-24(27)8-5-7-21(18-32)16-22-15-19(2)30-20(3)26(22)17-29-28(25)33/h5-7,9-10,15,21,23,32H,4,8,11-14,16-18H2,1-3H3,(H,29,33)/b7-5-. The third-order valence-electron chi connectivity index (χ3n) is 7.10. The number of hydrogen-bond acceptors (Lipinski definition) is 5. The van der Waals surface area contributed by atoms with Crippen LogP contribution in [0.4, 0.5) is 5.69 Å². The molecule has 0 aliphatic carbocycles. The van der Waals surface area contributed by atoms with Crippen LogP contribution in [0.5, 0.6) is 0 Å². The average Bonchev–Trinajstić information content (AvgIpc) is 2.83. The lowest BCUT2D eigenvalue weighted by molar-refractivity contribution is 0.0845. The van der Waals surface area contributed by atoms with E-state index >= 15 is 0 Å². The van der Waals surface area contributed by atoms with E-state index in [0.29, 0.717) is 24.6 Å². The van der Waals surface area contributed by atoms with E-state index in [9.17, 15) is 9.90 Å². The summed E-state index contributed by atoms with van der Waals surface area (Å²) in [5.41, 5.74) is 6.95. The predicted octanol–water partition coefficient (Wildman–Crippen LogP) is 3.90. The second-order valence-electron chi connectivity index (χ2n) is 9.38. The smallest absolute Gasteiger partial charge is 0.251 e. The van der Waals surface area contributed by atoms with Crippen molar-refractivity contribution in [3.8, 4) is 0 Å². The van der Waals surface area contributed by atoms with E-state index in [-0.39, 0.29) is 18.4 Å². The Morgan fingerprint density at radius 1 is 1.21 bits per heavy atom. The van der Waals surface area contributed by atoms with Crippen LogP contribution in [-0.4, -0.2) is 48.4 Å². The normalized spacial score (nSPS) is 20.4. The molecule has 2 aliphatic rings. The Bertz CT molecular complexity index is 1040. The van der Waals surface area contributed by atoms with E-state index in [1.165, 1.54) is 0 Å². The van der Waals surface area contributed by atoms with Gasteiger partial charge in [-0.3, -0.25) is 9.78 Å². The second kappa shape index (κ2) is 11.2. The van der Waals surface area contributed by atoms with Crippen molar-refractivity contribution in [2.45, 2.75) is 59.0 Å². The van der Waals surface area contributed by atoms with Gasteiger partial charge in [0.05, 0.1) is 0 Å². The fourth-order valence-electron chi connectivity index (χ4n) is 5.37. The molecule has 1 amide bonds. The zero-order valence-corrected chi connectivity index (χ0v) is 20.6. The monoisotopic (exact) mass is 463 g/mol. The number of benzene rings is 1. The molecule has 6 heteroatoms. The molecule has 1 unspecified atom stereocenters. The maximum absolute atomic E-state index is 13.4. The van der Waals surface area contributed by atoms with Gasteiger partial charge >= 0.3 is 0 Å². The van der Waals surface area contributed by atoms with Gasteiger partial charge in [0.25, 0.3) is 5.91 Å². The van der Waals surface area contributed by atoms with Crippen molar-refractivity contribution >= 4 is 11.6 Å². The van der Waals surface area contributed by atoms with Gasteiger partial charge in [0.2, 0.25) is 0 Å². The maximum atomic E-state index is 13.4. The minimum absolute atomic E-state index is 0.0171. The lowest BCUT2D eigenvalue weighted by atomic mass is 9.92. The molecule has 2 N–H and O–H groups in total. The molecule has 0 bridgehead atoms. The number of aromatic nitrogens is 1. The van der Waals surface area contributed by atoms with Crippen LogP contribution in [0.1, 0.15) is 58.2 Å². The van der Waals surface area contributed by atoms with Crippen LogP contribution in [0.25, 0.3) is 0 Å². The van der Waals surface area contributed by atoms with Crippen LogP contribution in [0.2, 0.25) is 0 Å². The Kier molecular flexibility index (Phi) is 8.01. The molecule has 1 saturated heterocycles. The molecule has 0 spiro atoms. The van der Waals surface area contributed by atoms with Crippen molar-refractivity contribution in [3.63, 3.8) is 0 Å². The minimum atomic E-state index is -0.0570. The largest absolute Gasteiger partial charge is 0.396 e. The number of carbonyl (C=O) groups is 1. The van der Waals surface area contributed by atoms with Crippen molar-refractivity contribution in [2.24, 2.45) is 5.92 Å². The minimum Gasteiger partial charge on any atom is -0.396 e. The highest BCUT2D eigenvalue weighted by atomic mass is 16.5. The Morgan fingerprint density at radius 3 is 2.74 bits per heavy atom. The first-order valence-electron chi connectivity index (χ1n) is 12.5. The number of pyridine rings is 1. The number of aryl methyl sites for hydroxylation is 2. The lowest BCUT2D eigenvalue weighted by Gasteiger charge is -2.37. The van der Waals surface area contributed by atoms with Gasteiger partial charge in [0.1, 0.15) is 0 Å². The van der Waals surface area contributed by atoms with Gasteiger partial charge < -0.3 is 20.1 Å². The molecule has 0 radical (unpaired) electrons. The summed E-state index contributed by atoms with van der Waals surface area (Å²) in [6, 6.07) is 8.55. The topological polar surface area (TPSA) is 74.7 Å². The van der Waals surface area contributed by atoms with E-state index in [1.807, 2.05) is 26.0 Å². The third-order valence-corrected chi connectivity index (χ3v) is 7.10. The summed E-state index contributed by atoms with van der Waals surface area (Å²) in [4.78, 5) is 20.5. The summed E-state index contributed by atoms with van der Waals surface area (Å²) in [6.45, 7) is 9.10. The SMILES string of the molecule is CCN(c1cccc2c1C/C=C\C(CO)Cc1cc(C)nc(C)c1CNC2=O)C1CCOCC1. The van der Waals surface area contributed by atoms with Crippen molar-refractivity contribution in [2.75, 3.05) is 31.3 Å². The van der Waals surface area contributed by atoms with Crippen LogP contribution >= 0.6 is 0 Å². The summed E-state index contributed by atoms with van der Waals surface area (Å²) in [5, 5.41) is 13.3. The van der Waals surface area contributed by atoms with Crippen LogP contribution < -0.4 is 10.2 Å². The molecule has 182 valence electrons. The molecule has 6 nitrogen and oxygen atoms in total. The quantitative estimate of drug-likeness (QED) is 0.673. The first-order valence-corrected chi connectivity index (χ1v) is 12.5. The fourth-order valence-corrected chi connectivity index (χ4v) is 5.37. The van der Waals surface area contributed by atoms with Crippen LogP contribution in [0, 0.1) is 19.8 Å². The number of rotatable bonds is 4. The molecule has 3 heterocycles. The Labute approximate surface area is 203 Å². The van der Waals surface area contributed by atoms with Gasteiger partial charge in [-0.25, -0.2) is 0 Å². The van der Waals surface area contributed by atoms with E-state index < -0.39 is 0 Å². The lowest BCUT2D eigenvalue weighted by Crippen LogP contribution is -2.40. The molecule has 2 aliphatic heterocycles. The first kappa shape index (κ1) is 24.4. The third kappa shape index (κ3) is 5.34. The summed E-state index contributed by atoms with van der Waals surface area (Å²) < 4.78 is 5.59. The Balaban J connectivity index is 1.74. The van der Waals surface area contributed by atoms with Gasteiger partial charge in [0, 0.05) is 67.5 Å². The molecule has 1 fully saturated rings. The molecule has 4 rings (SSSR count). The molecule has 0 saturated carbocycles. The number of aliphatic hydroxyl groups is 1. The van der Waals surface area contributed by atoms with Crippen LogP contribution in [0.3, 0.4) is 0 Å². The Morgan fingerprint density at radius 2 is 2.00 bits per heavy atom. The molecule has 1 aromatic carbocycles. The highest BCUT2D eigenvalue weighted by Crippen LogP contribution is 2.30. The molecule has 1 atom stereocenters. The van der Waals surface area contributed by atoms with Gasteiger partial charge in [0.15, 0.2) is 0 Å². The zero-order chi connectivity index (χ0) is 24.1. The van der Waals surface area contributed by atoms with Crippen molar-refractivity contribution in [1.82, 2.24) is 10.3 Å². The summed E-state index contributed by atoms with van der Waals surface area (Å²) in [5.74, 6) is -0.0399. The number of carbonyl (C=O) groups excluding carboxylic acids is 1. The van der Waals surface area contributed by atoms with E-state index in [2.05, 4.69) is 46.4 Å². The van der Waals surface area contributed by atoms with Gasteiger partial charge in [-0.2, -0.15) is 0 Å². The number of allylic oxidation sites excluding steroid dienone is 1. The molecular formula is C28H37N3O3. The summed E-state index contributed by atoms with van der Waals surface area (Å²) in [6.07, 6.45) is 7.59. The summed E-state index contributed by atoms with van der Waals surface area (Å²) >= 11 is 0. The van der Waals surface area contributed by atoms with Crippen molar-refractivity contribution < 1.29 is 14.6 Å². The number of ether oxygens (including phenoxy) is 1. The van der Waals surface area contributed by atoms with E-state index in [0.717, 1.165) is 72.8 Å². The highest BCUT2D eigenvalue weighted by molar-refractivity contribution is 5.97. The average molecular weight is 464 g/mol. The number of amides is 1. The Hall–Kier alpha value is -2.70. The van der Waals surface area contributed by atoms with Crippen molar-refractivity contribution in [3.05, 3.63) is 70.1 Å². The molecule has 34 heavy (non-hydrogen) atoms. The number of nitrogens with zero attached hydrogens (tertiary/aromatic N) is 2. The van der Waals surface area contributed by atoms with Gasteiger partial charge in [-0.15, -0.1) is 0 Å². The number of hydrogen-bond donors (Lipinski definition) is 2. The highest BCUT2D eigenvalue weighted by Gasteiger charge is 2.25. The fraction of sp³-hybridized carbons (Fsp3) is 0.500. The molecule has 1 aromatic heterocycles. The number of nitrogens with one attached hydrogen (secondary N) is 1. The van der Waals surface area contributed by atoms with E-state index in [1.54, 1.807) is 0 Å². The molecular weight excluding hydrogens is 426 g/mol. The number of anilines is 1. The van der Waals surface area contributed by atoms with Crippen LogP contribution in [0.15, 0.2) is 36.4 Å². The maximum Gasteiger partial charge on any atom is 0.251 e. The van der Waals surface area contributed by atoms with E-state index in [4.69, 9.17) is 4.74 Å². The molecule has 2 aromatic rings. The summed E-state index contributed by atoms with van der Waals surface area (Å²) in [7, 11) is 0. The first-order chi connectivity index (χ1) is 16.5. The van der Waals surface area contributed by atoms with Gasteiger partial charge in [-0.1, -0.05) is 18.2 Å². The van der Waals surface area contributed by atoms with Gasteiger partial charge in [-0.05, 0) is 81.3 Å². The second-order valence-corrected chi connectivity index (χ2v) is 9.38. The predicted molar refractivity (Wildman–Crippen MR) is 135 cm³/mol. The number of fused-ring (bicyclic) bond motifs is 2.